The molecule has 0 aliphatic rings. The lowest BCUT2D eigenvalue weighted by atomic mass is 9.92. The molecule has 1 aromatic heterocycles. The molecule has 0 saturated carbocycles. The van der Waals surface area contributed by atoms with Crippen LogP contribution in [0.1, 0.15) is 37.8 Å². The van der Waals surface area contributed by atoms with Crippen molar-refractivity contribution in [3.05, 3.63) is 29.6 Å². The van der Waals surface area contributed by atoms with Gasteiger partial charge in [-0.25, -0.2) is 0 Å². The summed E-state index contributed by atoms with van der Waals surface area (Å²) in [5, 5.41) is 10.1. The minimum Gasteiger partial charge on any atom is -0.385 e. The lowest BCUT2D eigenvalue weighted by Gasteiger charge is -2.22. The Morgan fingerprint density at radius 3 is 2.69 bits per heavy atom. The second-order valence-electron chi connectivity index (χ2n) is 3.77. The Balaban J connectivity index is 2.93. The molecule has 72 valence electrons. The first-order valence-electron chi connectivity index (χ1n) is 4.71. The predicted molar refractivity (Wildman–Crippen MR) is 53.5 cm³/mol. The lowest BCUT2D eigenvalue weighted by Crippen LogP contribution is -2.20. The van der Waals surface area contributed by atoms with E-state index in [0.29, 0.717) is 0 Å². The van der Waals surface area contributed by atoms with Crippen LogP contribution >= 0.6 is 0 Å². The molecule has 0 fully saturated rings. The Kier molecular flexibility index (Phi) is 3.04. The number of aromatic nitrogens is 1. The van der Waals surface area contributed by atoms with Crippen LogP contribution in [0, 0.1) is 6.92 Å². The van der Waals surface area contributed by atoms with E-state index in [9.17, 15) is 5.11 Å². The van der Waals surface area contributed by atoms with Crippen molar-refractivity contribution in [2.24, 2.45) is 0 Å². The minimum absolute atomic E-state index is 0.728. The van der Waals surface area contributed by atoms with Gasteiger partial charge in [0.2, 0.25) is 0 Å². The van der Waals surface area contributed by atoms with Crippen LogP contribution < -0.4 is 0 Å². The molecule has 1 heterocycles. The Morgan fingerprint density at radius 2 is 2.15 bits per heavy atom. The zero-order chi connectivity index (χ0) is 9.90. The van der Waals surface area contributed by atoms with Crippen LogP contribution in [0.5, 0.6) is 0 Å². The largest absolute Gasteiger partial charge is 0.385 e. The van der Waals surface area contributed by atoms with Gasteiger partial charge in [-0.1, -0.05) is 19.4 Å². The maximum absolute atomic E-state index is 10.1. The van der Waals surface area contributed by atoms with E-state index in [1.165, 1.54) is 0 Å². The number of aryl methyl sites for hydroxylation is 1. The highest BCUT2D eigenvalue weighted by atomic mass is 16.3. The zero-order valence-electron chi connectivity index (χ0n) is 8.54. The highest BCUT2D eigenvalue weighted by molar-refractivity contribution is 5.22. The van der Waals surface area contributed by atoms with Crippen molar-refractivity contribution >= 4 is 0 Å². The van der Waals surface area contributed by atoms with E-state index in [1.807, 2.05) is 19.9 Å². The van der Waals surface area contributed by atoms with Gasteiger partial charge in [0.1, 0.15) is 0 Å². The third-order valence-electron chi connectivity index (χ3n) is 2.23. The molecule has 0 aliphatic carbocycles. The van der Waals surface area contributed by atoms with E-state index in [2.05, 4.69) is 11.9 Å². The van der Waals surface area contributed by atoms with Crippen LogP contribution in [0.15, 0.2) is 18.5 Å². The van der Waals surface area contributed by atoms with Crippen molar-refractivity contribution in [2.45, 2.75) is 39.2 Å². The monoisotopic (exact) mass is 179 g/mol. The Hall–Kier alpha value is -0.890. The minimum atomic E-state index is -0.728. The molecule has 0 radical (unpaired) electrons. The smallest absolute Gasteiger partial charge is 0.0883 e. The topological polar surface area (TPSA) is 33.1 Å². The van der Waals surface area contributed by atoms with Gasteiger partial charge in [0.15, 0.2) is 0 Å². The van der Waals surface area contributed by atoms with Crippen LogP contribution in [0.4, 0.5) is 0 Å². The van der Waals surface area contributed by atoms with Gasteiger partial charge in [0, 0.05) is 18.0 Å². The lowest BCUT2D eigenvalue weighted by molar-refractivity contribution is 0.0466. The quantitative estimate of drug-likeness (QED) is 0.773. The van der Waals surface area contributed by atoms with Gasteiger partial charge in [-0.3, -0.25) is 4.98 Å². The molecule has 0 aliphatic heterocycles. The van der Waals surface area contributed by atoms with Gasteiger partial charge in [0.25, 0.3) is 0 Å². The Labute approximate surface area is 79.6 Å². The Morgan fingerprint density at radius 1 is 1.46 bits per heavy atom. The maximum Gasteiger partial charge on any atom is 0.0883 e. The summed E-state index contributed by atoms with van der Waals surface area (Å²) in [6.45, 7) is 5.89. The molecule has 1 aromatic rings. The van der Waals surface area contributed by atoms with E-state index in [1.54, 1.807) is 12.4 Å². The van der Waals surface area contributed by atoms with Gasteiger partial charge in [-0.2, -0.15) is 0 Å². The van der Waals surface area contributed by atoms with Crippen molar-refractivity contribution in [1.29, 1.82) is 0 Å². The first-order chi connectivity index (χ1) is 6.06. The van der Waals surface area contributed by atoms with Crippen LogP contribution in [0.2, 0.25) is 0 Å². The van der Waals surface area contributed by atoms with Gasteiger partial charge in [-0.15, -0.1) is 0 Å². The molecule has 2 nitrogen and oxygen atoms in total. The van der Waals surface area contributed by atoms with Crippen LogP contribution in [0.25, 0.3) is 0 Å². The second kappa shape index (κ2) is 3.88. The molecule has 0 bridgehead atoms. The van der Waals surface area contributed by atoms with Gasteiger partial charge in [0.05, 0.1) is 5.60 Å². The molecule has 13 heavy (non-hydrogen) atoms. The molecule has 0 amide bonds. The standard InChI is InChI=1S/C11H17NO/c1-4-5-11(3,13)10-6-9(2)7-12-8-10/h6-8,13H,4-5H2,1-3H3. The third kappa shape index (κ3) is 2.52. The van der Waals surface area contributed by atoms with Crippen molar-refractivity contribution in [1.82, 2.24) is 4.98 Å². The molecular weight excluding hydrogens is 162 g/mol. The first kappa shape index (κ1) is 10.2. The van der Waals surface area contributed by atoms with Crippen molar-refractivity contribution in [3.8, 4) is 0 Å². The molecule has 0 spiro atoms. The first-order valence-corrected chi connectivity index (χ1v) is 4.71. The van der Waals surface area contributed by atoms with E-state index in [0.717, 1.165) is 24.0 Å². The summed E-state index contributed by atoms with van der Waals surface area (Å²) >= 11 is 0. The molecule has 0 saturated heterocycles. The fraction of sp³-hybridized carbons (Fsp3) is 0.545. The molecule has 1 rings (SSSR count). The fourth-order valence-electron chi connectivity index (χ4n) is 1.48. The summed E-state index contributed by atoms with van der Waals surface area (Å²) in [7, 11) is 0. The summed E-state index contributed by atoms with van der Waals surface area (Å²) < 4.78 is 0. The summed E-state index contributed by atoms with van der Waals surface area (Å²) in [6, 6.07) is 1.99. The summed E-state index contributed by atoms with van der Waals surface area (Å²) in [5.41, 5.74) is 1.27. The average Bonchev–Trinajstić information content (AvgIpc) is 2.04. The maximum atomic E-state index is 10.1. The second-order valence-corrected chi connectivity index (χ2v) is 3.77. The zero-order valence-corrected chi connectivity index (χ0v) is 8.54. The summed E-state index contributed by atoms with van der Waals surface area (Å²) in [5.74, 6) is 0. The van der Waals surface area contributed by atoms with Gasteiger partial charge in [-0.05, 0) is 25.8 Å². The third-order valence-corrected chi connectivity index (χ3v) is 2.23. The Bertz CT molecular complexity index is 281. The molecule has 1 atom stereocenters. The van der Waals surface area contributed by atoms with Crippen molar-refractivity contribution in [2.75, 3.05) is 0 Å². The number of hydrogen-bond donors (Lipinski definition) is 1. The SMILES string of the molecule is CCCC(C)(O)c1cncc(C)c1. The number of hydrogen-bond acceptors (Lipinski definition) is 2. The van der Waals surface area contributed by atoms with E-state index < -0.39 is 5.60 Å². The highest BCUT2D eigenvalue weighted by Crippen LogP contribution is 2.25. The average molecular weight is 179 g/mol. The number of pyridine rings is 1. The molecule has 2 heteroatoms. The van der Waals surface area contributed by atoms with Crippen LogP contribution in [-0.4, -0.2) is 10.1 Å². The molecule has 0 aromatic carbocycles. The van der Waals surface area contributed by atoms with E-state index >= 15 is 0 Å². The number of nitrogens with zero attached hydrogens (tertiary/aromatic N) is 1. The predicted octanol–water partition coefficient (Wildman–Crippen LogP) is 2.40. The van der Waals surface area contributed by atoms with Crippen molar-refractivity contribution in [3.63, 3.8) is 0 Å². The van der Waals surface area contributed by atoms with Crippen LogP contribution in [0.3, 0.4) is 0 Å². The van der Waals surface area contributed by atoms with Crippen LogP contribution in [-0.2, 0) is 5.60 Å². The summed E-state index contributed by atoms with van der Waals surface area (Å²) in [6.07, 6.45) is 5.28. The van der Waals surface area contributed by atoms with Gasteiger partial charge < -0.3 is 5.11 Å². The van der Waals surface area contributed by atoms with E-state index in [-0.39, 0.29) is 0 Å². The van der Waals surface area contributed by atoms with E-state index in [4.69, 9.17) is 0 Å². The highest BCUT2D eigenvalue weighted by Gasteiger charge is 2.21. The fourth-order valence-corrected chi connectivity index (χ4v) is 1.48. The number of aliphatic hydroxyl groups is 1. The normalized spacial score (nSPS) is 15.4. The molecule has 1 unspecified atom stereocenters. The van der Waals surface area contributed by atoms with Gasteiger partial charge >= 0.3 is 0 Å². The molecule has 1 N–H and O–H groups in total. The number of rotatable bonds is 3. The molecular formula is C11H17NO. The van der Waals surface area contributed by atoms with Crippen molar-refractivity contribution < 1.29 is 5.11 Å². The summed E-state index contributed by atoms with van der Waals surface area (Å²) in [4.78, 5) is 4.07.